The SMILES string of the molecule is Cc1cccc(CSC2=C(O)CC(C(=O)CC(C)C)(c3ccccc3)OC2=O)c1. The van der Waals surface area contributed by atoms with Crippen LogP contribution in [0.15, 0.2) is 65.3 Å². The number of Topliss-reactive ketones (excluding diaryl/α,β-unsaturated/α-hetero) is 1. The molecule has 0 saturated carbocycles. The molecule has 5 heteroatoms. The summed E-state index contributed by atoms with van der Waals surface area (Å²) in [6.07, 6.45) is 0.228. The van der Waals surface area contributed by atoms with Gasteiger partial charge in [0, 0.05) is 17.7 Å². The Balaban J connectivity index is 1.90. The fraction of sp³-hybridized carbons (Fsp3) is 0.333. The van der Waals surface area contributed by atoms with Gasteiger partial charge in [0.25, 0.3) is 0 Å². The maximum atomic E-state index is 13.1. The highest BCUT2D eigenvalue weighted by atomic mass is 32.2. The van der Waals surface area contributed by atoms with E-state index >= 15 is 0 Å². The summed E-state index contributed by atoms with van der Waals surface area (Å²) in [7, 11) is 0. The number of benzene rings is 2. The minimum absolute atomic E-state index is 0.0372. The highest BCUT2D eigenvalue weighted by Crippen LogP contribution is 2.43. The number of carbonyl (C=O) groups is 2. The van der Waals surface area contributed by atoms with Crippen LogP contribution in [-0.4, -0.2) is 16.9 Å². The van der Waals surface area contributed by atoms with Crippen LogP contribution in [0.2, 0.25) is 0 Å². The molecule has 1 N–H and O–H groups in total. The van der Waals surface area contributed by atoms with Crippen LogP contribution in [0.5, 0.6) is 0 Å². The number of aliphatic hydroxyl groups excluding tert-OH is 1. The molecule has 0 spiro atoms. The van der Waals surface area contributed by atoms with Crippen LogP contribution >= 0.6 is 11.8 Å². The Morgan fingerprint density at radius 3 is 2.52 bits per heavy atom. The zero-order valence-corrected chi connectivity index (χ0v) is 17.8. The van der Waals surface area contributed by atoms with Gasteiger partial charge < -0.3 is 9.84 Å². The number of ether oxygens (including phenoxy) is 1. The Kier molecular flexibility index (Phi) is 6.48. The lowest BCUT2D eigenvalue weighted by atomic mass is 9.81. The monoisotopic (exact) mass is 410 g/mol. The largest absolute Gasteiger partial charge is 0.511 e. The Bertz CT molecular complexity index is 933. The second-order valence-electron chi connectivity index (χ2n) is 7.83. The third-order valence-corrected chi connectivity index (χ3v) is 6.05. The first kappa shape index (κ1) is 21.2. The van der Waals surface area contributed by atoms with E-state index in [1.54, 1.807) is 24.3 Å². The quantitative estimate of drug-likeness (QED) is 0.615. The van der Waals surface area contributed by atoms with Crippen molar-refractivity contribution in [3.05, 3.63) is 82.0 Å². The molecule has 1 aliphatic heterocycles. The van der Waals surface area contributed by atoms with Crippen LogP contribution in [0.3, 0.4) is 0 Å². The highest BCUT2D eigenvalue weighted by Gasteiger charge is 2.49. The molecular formula is C24H26O4S. The van der Waals surface area contributed by atoms with Gasteiger partial charge in [-0.1, -0.05) is 74.0 Å². The lowest BCUT2D eigenvalue weighted by Crippen LogP contribution is -2.44. The van der Waals surface area contributed by atoms with Crippen LogP contribution in [0.4, 0.5) is 0 Å². The van der Waals surface area contributed by atoms with Crippen molar-refractivity contribution in [3.8, 4) is 0 Å². The number of carbonyl (C=O) groups excluding carboxylic acids is 2. The minimum atomic E-state index is -1.47. The van der Waals surface area contributed by atoms with E-state index in [0.29, 0.717) is 11.3 Å². The van der Waals surface area contributed by atoms with Gasteiger partial charge >= 0.3 is 5.97 Å². The van der Waals surface area contributed by atoms with Crippen molar-refractivity contribution in [3.63, 3.8) is 0 Å². The summed E-state index contributed by atoms with van der Waals surface area (Å²) < 4.78 is 5.79. The normalized spacial score (nSPS) is 19.4. The van der Waals surface area contributed by atoms with E-state index in [-0.39, 0.29) is 35.2 Å². The molecule has 2 aromatic carbocycles. The number of ketones is 1. The van der Waals surface area contributed by atoms with Crippen LogP contribution in [0.25, 0.3) is 0 Å². The number of hydrogen-bond donors (Lipinski definition) is 1. The van der Waals surface area contributed by atoms with Crippen molar-refractivity contribution in [2.24, 2.45) is 5.92 Å². The van der Waals surface area contributed by atoms with Crippen LogP contribution in [0.1, 0.15) is 43.4 Å². The molecule has 0 fully saturated rings. The molecule has 29 heavy (non-hydrogen) atoms. The fourth-order valence-corrected chi connectivity index (χ4v) is 4.38. The third-order valence-electron chi connectivity index (χ3n) is 4.88. The number of hydrogen-bond acceptors (Lipinski definition) is 5. The Labute approximate surface area is 176 Å². The number of thioether (sulfide) groups is 1. The maximum absolute atomic E-state index is 13.1. The highest BCUT2D eigenvalue weighted by molar-refractivity contribution is 8.03. The van der Waals surface area contributed by atoms with Gasteiger partial charge in [-0.05, 0) is 18.4 Å². The zero-order chi connectivity index (χ0) is 21.0. The Morgan fingerprint density at radius 1 is 1.17 bits per heavy atom. The average molecular weight is 411 g/mol. The molecule has 3 rings (SSSR count). The van der Waals surface area contributed by atoms with E-state index in [0.717, 1.165) is 11.1 Å². The summed E-state index contributed by atoms with van der Waals surface area (Å²) in [4.78, 5) is 26.2. The molecule has 1 atom stereocenters. The second-order valence-corrected chi connectivity index (χ2v) is 8.82. The maximum Gasteiger partial charge on any atom is 0.349 e. The summed E-state index contributed by atoms with van der Waals surface area (Å²) in [6.45, 7) is 5.90. The number of aliphatic hydroxyl groups is 1. The Morgan fingerprint density at radius 2 is 1.90 bits per heavy atom. The number of esters is 1. The standard InChI is InChI=1S/C24H26O4S/c1-16(2)12-21(26)24(19-10-5-4-6-11-19)14-20(25)22(23(27)28-24)29-15-18-9-7-8-17(3)13-18/h4-11,13,16,25H,12,14-15H2,1-3H3. The van der Waals surface area contributed by atoms with E-state index in [4.69, 9.17) is 4.74 Å². The topological polar surface area (TPSA) is 63.6 Å². The lowest BCUT2D eigenvalue weighted by molar-refractivity contribution is -0.168. The number of rotatable bonds is 7. The molecule has 1 unspecified atom stereocenters. The molecule has 1 aliphatic rings. The van der Waals surface area contributed by atoms with Crippen LogP contribution in [-0.2, 0) is 25.7 Å². The van der Waals surface area contributed by atoms with Gasteiger partial charge in [0.05, 0.1) is 6.42 Å². The van der Waals surface area contributed by atoms with E-state index in [9.17, 15) is 14.7 Å². The smallest absolute Gasteiger partial charge is 0.349 e. The van der Waals surface area contributed by atoms with Crippen molar-refractivity contribution < 1.29 is 19.4 Å². The van der Waals surface area contributed by atoms with E-state index < -0.39 is 11.6 Å². The number of cyclic esters (lactones) is 1. The van der Waals surface area contributed by atoms with Crippen LogP contribution < -0.4 is 0 Å². The van der Waals surface area contributed by atoms with Crippen molar-refractivity contribution in [2.75, 3.05) is 0 Å². The predicted octanol–water partition coefficient (Wildman–Crippen LogP) is 5.46. The van der Waals surface area contributed by atoms with Gasteiger partial charge in [-0.3, -0.25) is 4.79 Å². The van der Waals surface area contributed by atoms with Crippen molar-refractivity contribution in [1.29, 1.82) is 0 Å². The summed E-state index contributed by atoms with van der Waals surface area (Å²) in [5.41, 5.74) is 1.31. The first-order valence-electron chi connectivity index (χ1n) is 9.74. The molecule has 0 saturated heterocycles. The first-order chi connectivity index (χ1) is 13.8. The predicted molar refractivity (Wildman–Crippen MR) is 115 cm³/mol. The molecule has 152 valence electrons. The van der Waals surface area contributed by atoms with E-state index in [2.05, 4.69) is 0 Å². The first-order valence-corrected chi connectivity index (χ1v) is 10.7. The van der Waals surface area contributed by atoms with Gasteiger partial charge in [0.1, 0.15) is 10.7 Å². The Hall–Kier alpha value is -2.53. The van der Waals surface area contributed by atoms with Crippen molar-refractivity contribution >= 4 is 23.5 Å². The van der Waals surface area contributed by atoms with E-state index in [1.807, 2.05) is 51.1 Å². The molecule has 2 aromatic rings. The fourth-order valence-electron chi connectivity index (χ4n) is 3.49. The van der Waals surface area contributed by atoms with Crippen molar-refractivity contribution in [1.82, 2.24) is 0 Å². The summed E-state index contributed by atoms with van der Waals surface area (Å²) in [6, 6.07) is 17.0. The zero-order valence-electron chi connectivity index (χ0n) is 17.0. The summed E-state index contributed by atoms with van der Waals surface area (Å²) in [5.74, 6) is -0.271. The van der Waals surface area contributed by atoms with Gasteiger partial charge in [-0.25, -0.2) is 4.79 Å². The molecule has 1 heterocycles. The lowest BCUT2D eigenvalue weighted by Gasteiger charge is -2.36. The second kappa shape index (κ2) is 8.87. The molecule has 0 amide bonds. The molecule has 0 bridgehead atoms. The summed E-state index contributed by atoms with van der Waals surface area (Å²) in [5, 5.41) is 10.8. The molecular weight excluding hydrogens is 384 g/mol. The van der Waals surface area contributed by atoms with Crippen molar-refractivity contribution in [2.45, 2.75) is 45.0 Å². The molecule has 0 aliphatic carbocycles. The molecule has 4 nitrogen and oxygen atoms in total. The van der Waals surface area contributed by atoms with Crippen LogP contribution in [0, 0.1) is 12.8 Å². The van der Waals surface area contributed by atoms with Gasteiger partial charge in [-0.2, -0.15) is 0 Å². The average Bonchev–Trinajstić information content (AvgIpc) is 2.67. The molecule has 0 radical (unpaired) electrons. The van der Waals surface area contributed by atoms with E-state index in [1.165, 1.54) is 11.8 Å². The molecule has 0 aromatic heterocycles. The summed E-state index contributed by atoms with van der Waals surface area (Å²) >= 11 is 1.24. The minimum Gasteiger partial charge on any atom is -0.511 e. The number of aryl methyl sites for hydroxylation is 1. The van der Waals surface area contributed by atoms with Gasteiger partial charge in [0.15, 0.2) is 5.78 Å². The van der Waals surface area contributed by atoms with Gasteiger partial charge in [0.2, 0.25) is 5.60 Å². The third kappa shape index (κ3) is 4.73. The van der Waals surface area contributed by atoms with Gasteiger partial charge in [-0.15, -0.1) is 11.8 Å².